The number of nitrogens with two attached hydrogens (primary N) is 1. The van der Waals surface area contributed by atoms with Crippen LogP contribution in [0.5, 0.6) is 5.75 Å². The van der Waals surface area contributed by atoms with E-state index in [1.165, 1.54) is 0 Å². The van der Waals surface area contributed by atoms with Gasteiger partial charge in [0.25, 0.3) is 0 Å². The van der Waals surface area contributed by atoms with Crippen LogP contribution in [-0.2, 0) is 6.54 Å². The number of benzene rings is 2. The Hall–Kier alpha value is -2.23. The molecule has 3 nitrogen and oxygen atoms in total. The molecular weight excluding hydrogens is 267 g/mol. The fraction of sp³-hybridized carbons (Fsp3) is 0.294. The van der Waals surface area contributed by atoms with E-state index in [1.54, 1.807) is 19.9 Å². The van der Waals surface area contributed by atoms with E-state index in [9.17, 15) is 4.39 Å². The maximum Gasteiger partial charge on any atom is 0.129 e. The maximum atomic E-state index is 13.6. The summed E-state index contributed by atoms with van der Waals surface area (Å²) in [5, 5.41) is 3.29. The zero-order valence-electron chi connectivity index (χ0n) is 12.7. The largest absolute Gasteiger partial charge is 0.494 e. The van der Waals surface area contributed by atoms with Crippen molar-refractivity contribution in [3.05, 3.63) is 52.8 Å². The monoisotopic (exact) mass is 288 g/mol. The highest BCUT2D eigenvalue weighted by Gasteiger charge is 2.05. The summed E-state index contributed by atoms with van der Waals surface area (Å²) in [6.07, 6.45) is 0. The zero-order chi connectivity index (χ0) is 15.4. The first-order chi connectivity index (χ1) is 9.99. The predicted molar refractivity (Wildman–Crippen MR) is 85.2 cm³/mol. The van der Waals surface area contributed by atoms with Crippen LogP contribution in [0.4, 0.5) is 15.8 Å². The van der Waals surface area contributed by atoms with Gasteiger partial charge in [0.05, 0.1) is 6.61 Å². The van der Waals surface area contributed by atoms with Gasteiger partial charge in [-0.2, -0.15) is 0 Å². The van der Waals surface area contributed by atoms with E-state index in [0.29, 0.717) is 30.0 Å². The molecular formula is C17H21FN2O. The second kappa shape index (κ2) is 6.48. The van der Waals surface area contributed by atoms with Crippen molar-refractivity contribution in [2.45, 2.75) is 27.3 Å². The van der Waals surface area contributed by atoms with E-state index in [-0.39, 0.29) is 5.82 Å². The number of anilines is 2. The molecule has 0 fully saturated rings. The number of nitrogens with one attached hydrogen (secondary N) is 1. The van der Waals surface area contributed by atoms with Crippen molar-refractivity contribution < 1.29 is 9.13 Å². The van der Waals surface area contributed by atoms with Gasteiger partial charge in [0.15, 0.2) is 0 Å². The molecule has 2 aromatic rings. The number of hydrogen-bond acceptors (Lipinski definition) is 3. The number of rotatable bonds is 5. The molecule has 0 aliphatic carbocycles. The van der Waals surface area contributed by atoms with Crippen LogP contribution in [-0.4, -0.2) is 6.61 Å². The van der Waals surface area contributed by atoms with Crippen molar-refractivity contribution >= 4 is 11.4 Å². The van der Waals surface area contributed by atoms with Gasteiger partial charge in [0.2, 0.25) is 0 Å². The number of ether oxygens (including phenoxy) is 1. The molecule has 0 aliphatic heterocycles. The van der Waals surface area contributed by atoms with E-state index < -0.39 is 0 Å². The minimum absolute atomic E-state index is 0.138. The molecule has 0 saturated carbocycles. The average Bonchev–Trinajstić information content (AvgIpc) is 2.42. The molecule has 4 heteroatoms. The summed E-state index contributed by atoms with van der Waals surface area (Å²) >= 11 is 0. The third-order valence-electron chi connectivity index (χ3n) is 3.23. The predicted octanol–water partition coefficient (Wildman–Crippen LogP) is 4.04. The highest BCUT2D eigenvalue weighted by atomic mass is 19.1. The molecule has 0 bridgehead atoms. The Kier molecular flexibility index (Phi) is 4.68. The molecule has 0 saturated heterocycles. The Bertz CT molecular complexity index is 618. The van der Waals surface area contributed by atoms with Gasteiger partial charge in [-0.05, 0) is 43.5 Å². The van der Waals surface area contributed by atoms with Crippen molar-refractivity contribution in [2.24, 2.45) is 0 Å². The topological polar surface area (TPSA) is 47.3 Å². The van der Waals surface area contributed by atoms with Crippen LogP contribution in [0.1, 0.15) is 23.6 Å². The Morgan fingerprint density at radius 1 is 1.10 bits per heavy atom. The highest BCUT2D eigenvalue weighted by Crippen LogP contribution is 2.23. The van der Waals surface area contributed by atoms with E-state index in [1.807, 2.05) is 31.2 Å². The summed E-state index contributed by atoms with van der Waals surface area (Å²) < 4.78 is 19.1. The fourth-order valence-corrected chi connectivity index (χ4v) is 2.32. The van der Waals surface area contributed by atoms with Crippen LogP contribution < -0.4 is 15.8 Å². The van der Waals surface area contributed by atoms with E-state index in [0.717, 1.165) is 17.0 Å². The molecule has 0 spiro atoms. The maximum absolute atomic E-state index is 13.6. The van der Waals surface area contributed by atoms with Gasteiger partial charge in [-0.25, -0.2) is 4.39 Å². The lowest BCUT2D eigenvalue weighted by Crippen LogP contribution is -2.03. The van der Waals surface area contributed by atoms with Crippen LogP contribution in [0.3, 0.4) is 0 Å². The van der Waals surface area contributed by atoms with Crippen LogP contribution in [0.2, 0.25) is 0 Å². The molecule has 0 aromatic heterocycles. The zero-order valence-corrected chi connectivity index (χ0v) is 12.7. The quantitative estimate of drug-likeness (QED) is 0.816. The number of halogens is 1. The molecule has 2 rings (SSSR count). The first-order valence-electron chi connectivity index (χ1n) is 7.02. The van der Waals surface area contributed by atoms with Crippen LogP contribution in [0.15, 0.2) is 30.3 Å². The minimum atomic E-state index is -0.138. The number of hydrogen-bond donors (Lipinski definition) is 2. The molecule has 0 radical (unpaired) electrons. The lowest BCUT2D eigenvalue weighted by molar-refractivity contribution is 0.340. The molecule has 0 atom stereocenters. The van der Waals surface area contributed by atoms with Gasteiger partial charge in [0.1, 0.15) is 11.6 Å². The van der Waals surface area contributed by atoms with Crippen molar-refractivity contribution in [2.75, 3.05) is 17.7 Å². The first-order valence-corrected chi connectivity index (χ1v) is 7.02. The van der Waals surface area contributed by atoms with Crippen LogP contribution in [0, 0.1) is 19.7 Å². The average molecular weight is 288 g/mol. The lowest BCUT2D eigenvalue weighted by Gasteiger charge is -2.12. The third-order valence-corrected chi connectivity index (χ3v) is 3.23. The summed E-state index contributed by atoms with van der Waals surface area (Å²) in [4.78, 5) is 0. The molecule has 0 aliphatic rings. The van der Waals surface area contributed by atoms with Crippen molar-refractivity contribution in [1.82, 2.24) is 0 Å². The smallest absolute Gasteiger partial charge is 0.129 e. The molecule has 0 heterocycles. The van der Waals surface area contributed by atoms with Crippen LogP contribution in [0.25, 0.3) is 0 Å². The number of aryl methyl sites for hydroxylation is 2. The number of nitrogen functional groups attached to an aromatic ring is 1. The van der Waals surface area contributed by atoms with Gasteiger partial charge < -0.3 is 15.8 Å². The van der Waals surface area contributed by atoms with Gasteiger partial charge >= 0.3 is 0 Å². The van der Waals surface area contributed by atoms with E-state index in [4.69, 9.17) is 10.5 Å². The van der Waals surface area contributed by atoms with Crippen LogP contribution >= 0.6 is 0 Å². The molecule has 0 amide bonds. The van der Waals surface area contributed by atoms with Gasteiger partial charge in [0, 0.05) is 30.1 Å². The molecule has 2 aromatic carbocycles. The molecule has 0 unspecified atom stereocenters. The van der Waals surface area contributed by atoms with Crippen molar-refractivity contribution in [3.63, 3.8) is 0 Å². The summed E-state index contributed by atoms with van der Waals surface area (Å²) in [5.74, 6) is 0.604. The Labute approximate surface area is 124 Å². The van der Waals surface area contributed by atoms with Gasteiger partial charge in [-0.15, -0.1) is 0 Å². The fourth-order valence-electron chi connectivity index (χ4n) is 2.32. The normalized spacial score (nSPS) is 10.5. The Morgan fingerprint density at radius 2 is 1.76 bits per heavy atom. The SMILES string of the molecule is CCOc1cc(N)cc(NCc2cc(C)c(F)c(C)c2)c1. The van der Waals surface area contributed by atoms with E-state index >= 15 is 0 Å². The first kappa shape index (κ1) is 15.2. The summed E-state index contributed by atoms with van der Waals surface area (Å²) in [6.45, 7) is 6.69. The minimum Gasteiger partial charge on any atom is -0.494 e. The molecule has 112 valence electrons. The summed E-state index contributed by atoms with van der Waals surface area (Å²) in [6, 6.07) is 9.26. The van der Waals surface area contributed by atoms with Gasteiger partial charge in [-0.3, -0.25) is 0 Å². The second-order valence-electron chi connectivity index (χ2n) is 5.12. The third kappa shape index (κ3) is 3.88. The second-order valence-corrected chi connectivity index (χ2v) is 5.12. The Balaban J connectivity index is 2.12. The van der Waals surface area contributed by atoms with E-state index in [2.05, 4.69) is 5.32 Å². The molecule has 3 N–H and O–H groups in total. The summed E-state index contributed by atoms with van der Waals surface area (Å²) in [5.41, 5.74) is 9.75. The standard InChI is InChI=1S/C17H21FN2O/c1-4-21-16-8-14(19)7-15(9-16)20-10-13-5-11(2)17(18)12(3)6-13/h5-9,20H,4,10,19H2,1-3H3. The Morgan fingerprint density at radius 3 is 2.38 bits per heavy atom. The van der Waals surface area contributed by atoms with Crippen molar-refractivity contribution in [3.8, 4) is 5.75 Å². The highest BCUT2D eigenvalue weighted by molar-refractivity contribution is 5.59. The lowest BCUT2D eigenvalue weighted by atomic mass is 10.1. The summed E-state index contributed by atoms with van der Waals surface area (Å²) in [7, 11) is 0. The van der Waals surface area contributed by atoms with Crippen molar-refractivity contribution in [1.29, 1.82) is 0 Å². The van der Waals surface area contributed by atoms with Gasteiger partial charge in [-0.1, -0.05) is 12.1 Å². The molecule has 21 heavy (non-hydrogen) atoms.